The standard InChI is InChI=1S/C20H25NO5/c1-12(22)9-17(23)25-14-5-6-20-7-8-21-11-13-3-4-15(24-2)19(18(13)20)26-16(20)10-14/h3-6,12,14,16,21-22H,7-11H2,1-2H3. The molecule has 4 unspecified atom stereocenters. The van der Waals surface area contributed by atoms with Crippen molar-refractivity contribution >= 4 is 5.97 Å². The highest BCUT2D eigenvalue weighted by Gasteiger charge is 2.52. The second-order valence-corrected chi connectivity index (χ2v) is 7.38. The number of aliphatic hydroxyl groups is 1. The molecule has 1 aliphatic carbocycles. The molecule has 0 aromatic heterocycles. The average molecular weight is 359 g/mol. The number of esters is 1. The SMILES string of the molecule is COc1ccc2c3c1OC1CC(OC(=O)CC(C)O)C=CC31CCNC2. The molecule has 6 heteroatoms. The summed E-state index contributed by atoms with van der Waals surface area (Å²) in [5, 5.41) is 12.8. The average Bonchev–Trinajstić information content (AvgIpc) is 2.81. The van der Waals surface area contributed by atoms with Gasteiger partial charge in [0.2, 0.25) is 0 Å². The molecule has 2 N–H and O–H groups in total. The number of methoxy groups -OCH3 is 1. The molecule has 0 saturated carbocycles. The van der Waals surface area contributed by atoms with Crippen LogP contribution in [0.15, 0.2) is 24.3 Å². The van der Waals surface area contributed by atoms with Crippen molar-refractivity contribution in [2.45, 2.75) is 56.5 Å². The summed E-state index contributed by atoms with van der Waals surface area (Å²) >= 11 is 0. The zero-order valence-electron chi connectivity index (χ0n) is 15.2. The number of ether oxygens (including phenoxy) is 3. The van der Waals surface area contributed by atoms with E-state index < -0.39 is 6.10 Å². The second kappa shape index (κ2) is 6.59. The third kappa shape index (κ3) is 2.77. The molecule has 0 fully saturated rings. The van der Waals surface area contributed by atoms with Crippen molar-refractivity contribution in [1.29, 1.82) is 0 Å². The molecule has 4 atom stereocenters. The van der Waals surface area contributed by atoms with Crippen LogP contribution in [-0.4, -0.2) is 43.0 Å². The van der Waals surface area contributed by atoms with E-state index in [2.05, 4.69) is 17.5 Å². The first-order chi connectivity index (χ1) is 12.5. The van der Waals surface area contributed by atoms with Gasteiger partial charge in [-0.25, -0.2) is 0 Å². The number of carbonyl (C=O) groups excluding carboxylic acids is 1. The first-order valence-corrected chi connectivity index (χ1v) is 9.18. The van der Waals surface area contributed by atoms with E-state index in [1.165, 1.54) is 11.1 Å². The molecule has 3 aliphatic rings. The molecule has 2 aliphatic heterocycles. The predicted octanol–water partition coefficient (Wildman–Crippen LogP) is 1.83. The first-order valence-electron chi connectivity index (χ1n) is 9.18. The van der Waals surface area contributed by atoms with Crippen molar-refractivity contribution in [3.8, 4) is 11.5 Å². The Morgan fingerprint density at radius 3 is 3.12 bits per heavy atom. The molecule has 0 amide bonds. The summed E-state index contributed by atoms with van der Waals surface area (Å²) in [6.45, 7) is 3.29. The minimum absolute atomic E-state index is 0.00310. The van der Waals surface area contributed by atoms with Gasteiger partial charge in [0, 0.05) is 18.5 Å². The van der Waals surface area contributed by atoms with Crippen LogP contribution < -0.4 is 14.8 Å². The number of aliphatic hydroxyl groups excluding tert-OH is 1. The molecule has 0 bridgehead atoms. The Morgan fingerprint density at radius 2 is 2.35 bits per heavy atom. The topological polar surface area (TPSA) is 77.0 Å². The molecule has 2 heterocycles. The number of carbonyl (C=O) groups is 1. The Kier molecular flexibility index (Phi) is 4.40. The zero-order chi connectivity index (χ0) is 18.3. The quantitative estimate of drug-likeness (QED) is 0.631. The van der Waals surface area contributed by atoms with Gasteiger partial charge >= 0.3 is 5.97 Å². The normalized spacial score (nSPS) is 29.8. The minimum atomic E-state index is -0.701. The maximum absolute atomic E-state index is 11.9. The smallest absolute Gasteiger partial charge is 0.308 e. The van der Waals surface area contributed by atoms with E-state index in [1.807, 2.05) is 12.1 Å². The predicted molar refractivity (Wildman–Crippen MR) is 95.3 cm³/mol. The van der Waals surface area contributed by atoms with Gasteiger partial charge in [-0.2, -0.15) is 0 Å². The number of rotatable bonds is 4. The number of hydrogen-bond acceptors (Lipinski definition) is 6. The van der Waals surface area contributed by atoms with Gasteiger partial charge in [0.25, 0.3) is 0 Å². The van der Waals surface area contributed by atoms with Gasteiger partial charge in [-0.15, -0.1) is 0 Å². The van der Waals surface area contributed by atoms with Crippen molar-refractivity contribution in [3.63, 3.8) is 0 Å². The first kappa shape index (κ1) is 17.4. The zero-order valence-corrected chi connectivity index (χ0v) is 15.2. The Balaban J connectivity index is 1.66. The molecule has 1 aromatic rings. The maximum Gasteiger partial charge on any atom is 0.308 e. The molecule has 26 heavy (non-hydrogen) atoms. The lowest BCUT2D eigenvalue weighted by atomic mass is 9.69. The minimum Gasteiger partial charge on any atom is -0.493 e. The lowest BCUT2D eigenvalue weighted by Gasteiger charge is -2.36. The Bertz CT molecular complexity index is 744. The Labute approximate surface area is 153 Å². The van der Waals surface area contributed by atoms with Crippen LogP contribution in [0.25, 0.3) is 0 Å². The van der Waals surface area contributed by atoms with E-state index >= 15 is 0 Å². The van der Waals surface area contributed by atoms with Gasteiger partial charge in [0.15, 0.2) is 11.5 Å². The summed E-state index contributed by atoms with van der Waals surface area (Å²) in [6.07, 6.45) is 4.52. The van der Waals surface area contributed by atoms with E-state index in [0.717, 1.165) is 31.0 Å². The number of benzene rings is 1. The van der Waals surface area contributed by atoms with E-state index in [0.29, 0.717) is 6.42 Å². The summed E-state index contributed by atoms with van der Waals surface area (Å²) in [7, 11) is 1.65. The number of nitrogens with one attached hydrogen (secondary N) is 1. The van der Waals surface area contributed by atoms with E-state index in [1.54, 1.807) is 14.0 Å². The molecule has 1 spiro atoms. The molecule has 140 valence electrons. The summed E-state index contributed by atoms with van der Waals surface area (Å²) in [5.41, 5.74) is 2.22. The highest BCUT2D eigenvalue weighted by molar-refractivity contribution is 5.70. The van der Waals surface area contributed by atoms with Gasteiger partial charge in [-0.05, 0) is 37.6 Å². The summed E-state index contributed by atoms with van der Waals surface area (Å²) in [4.78, 5) is 11.9. The molecule has 6 nitrogen and oxygen atoms in total. The highest BCUT2D eigenvalue weighted by atomic mass is 16.6. The monoisotopic (exact) mass is 359 g/mol. The van der Waals surface area contributed by atoms with Crippen molar-refractivity contribution in [2.24, 2.45) is 0 Å². The molecular weight excluding hydrogens is 334 g/mol. The van der Waals surface area contributed by atoms with Crippen LogP contribution in [0, 0.1) is 0 Å². The molecule has 4 rings (SSSR count). The van der Waals surface area contributed by atoms with Crippen LogP contribution in [0.5, 0.6) is 11.5 Å². The summed E-state index contributed by atoms with van der Waals surface area (Å²) in [6, 6.07) is 4.06. The van der Waals surface area contributed by atoms with Crippen LogP contribution in [0.4, 0.5) is 0 Å². The largest absolute Gasteiger partial charge is 0.493 e. The van der Waals surface area contributed by atoms with Crippen LogP contribution in [-0.2, 0) is 21.5 Å². The van der Waals surface area contributed by atoms with Crippen LogP contribution >= 0.6 is 0 Å². The van der Waals surface area contributed by atoms with Crippen LogP contribution in [0.1, 0.15) is 37.3 Å². The summed E-state index contributed by atoms with van der Waals surface area (Å²) < 4.78 is 17.4. The molecular formula is C20H25NO5. The van der Waals surface area contributed by atoms with Gasteiger partial charge in [-0.3, -0.25) is 4.79 Å². The fraction of sp³-hybridized carbons (Fsp3) is 0.550. The third-order valence-corrected chi connectivity index (χ3v) is 5.56. The van der Waals surface area contributed by atoms with Gasteiger partial charge < -0.3 is 24.6 Å². The molecule has 0 saturated heterocycles. The van der Waals surface area contributed by atoms with Gasteiger partial charge in [-0.1, -0.05) is 12.1 Å². The fourth-order valence-electron chi connectivity index (χ4n) is 4.40. The lowest BCUT2D eigenvalue weighted by Crippen LogP contribution is -2.43. The van der Waals surface area contributed by atoms with Gasteiger partial charge in [0.1, 0.15) is 12.2 Å². The van der Waals surface area contributed by atoms with Gasteiger partial charge in [0.05, 0.1) is 25.0 Å². The van der Waals surface area contributed by atoms with Crippen molar-refractivity contribution in [2.75, 3.05) is 13.7 Å². The lowest BCUT2D eigenvalue weighted by molar-refractivity contribution is -0.150. The maximum atomic E-state index is 11.9. The van der Waals surface area contributed by atoms with Crippen LogP contribution in [0.2, 0.25) is 0 Å². The highest BCUT2D eigenvalue weighted by Crippen LogP contribution is 2.55. The molecule has 1 aromatic carbocycles. The van der Waals surface area contributed by atoms with Crippen molar-refractivity contribution in [3.05, 3.63) is 35.4 Å². The number of hydrogen-bond donors (Lipinski definition) is 2. The second-order valence-electron chi connectivity index (χ2n) is 7.38. The van der Waals surface area contributed by atoms with E-state index in [4.69, 9.17) is 14.2 Å². The summed E-state index contributed by atoms with van der Waals surface area (Å²) in [5.74, 6) is 1.18. The fourth-order valence-corrected chi connectivity index (χ4v) is 4.40. The van der Waals surface area contributed by atoms with E-state index in [9.17, 15) is 9.90 Å². The van der Waals surface area contributed by atoms with E-state index in [-0.39, 0.29) is 30.0 Å². The Hall–Kier alpha value is -2.05. The third-order valence-electron chi connectivity index (χ3n) is 5.56. The molecule has 0 radical (unpaired) electrons. The van der Waals surface area contributed by atoms with Crippen molar-refractivity contribution < 1.29 is 24.1 Å². The van der Waals surface area contributed by atoms with Crippen molar-refractivity contribution in [1.82, 2.24) is 5.32 Å². The Morgan fingerprint density at radius 1 is 1.50 bits per heavy atom. The van der Waals surface area contributed by atoms with Crippen LogP contribution in [0.3, 0.4) is 0 Å².